The maximum absolute atomic E-state index is 11.4. The highest BCUT2D eigenvalue weighted by Gasteiger charge is 2.38. The van der Waals surface area contributed by atoms with Crippen LogP contribution < -0.4 is 0 Å². The average Bonchev–Trinajstić information content (AvgIpc) is 2.90. The van der Waals surface area contributed by atoms with E-state index in [0.29, 0.717) is 6.04 Å². The van der Waals surface area contributed by atoms with Crippen molar-refractivity contribution in [3.05, 3.63) is 0 Å². The Bertz CT molecular complexity index is 259. The Labute approximate surface area is 105 Å². The van der Waals surface area contributed by atoms with Crippen LogP contribution in [0, 0.1) is 5.41 Å². The zero-order chi connectivity index (χ0) is 12.3. The molecule has 3 heteroatoms. The lowest BCUT2D eigenvalue weighted by atomic mass is 9.87. The van der Waals surface area contributed by atoms with Gasteiger partial charge in [0, 0.05) is 24.5 Å². The summed E-state index contributed by atoms with van der Waals surface area (Å²) in [6.07, 6.45) is 8.56. The van der Waals surface area contributed by atoms with Crippen molar-refractivity contribution in [3.8, 4) is 0 Å². The molecule has 1 saturated carbocycles. The van der Waals surface area contributed by atoms with Crippen molar-refractivity contribution < 1.29 is 4.79 Å². The van der Waals surface area contributed by atoms with Gasteiger partial charge in [0.25, 0.3) is 0 Å². The molecule has 0 radical (unpaired) electrons. The standard InChI is InChI=1S/C14H26N2O/c1-15(2)10-13-6-5-9-16(13)11-14(12-17)7-3-4-8-14/h12-13H,3-11H2,1-2H3. The quantitative estimate of drug-likeness (QED) is 0.682. The summed E-state index contributed by atoms with van der Waals surface area (Å²) in [5.74, 6) is 0. The zero-order valence-electron chi connectivity index (χ0n) is 11.3. The van der Waals surface area contributed by atoms with E-state index in [2.05, 4.69) is 23.9 Å². The molecular weight excluding hydrogens is 212 g/mol. The SMILES string of the molecule is CN(C)CC1CCCN1CC1(C=O)CCCC1. The second-order valence-electron chi connectivity index (χ2n) is 6.22. The van der Waals surface area contributed by atoms with Crippen molar-refractivity contribution in [1.82, 2.24) is 9.80 Å². The number of hydrogen-bond acceptors (Lipinski definition) is 3. The molecular formula is C14H26N2O. The van der Waals surface area contributed by atoms with E-state index in [-0.39, 0.29) is 5.41 Å². The predicted molar refractivity (Wildman–Crippen MR) is 70.1 cm³/mol. The molecule has 98 valence electrons. The van der Waals surface area contributed by atoms with Crippen molar-refractivity contribution in [2.45, 2.75) is 44.6 Å². The molecule has 1 atom stereocenters. The van der Waals surface area contributed by atoms with Gasteiger partial charge in [-0.05, 0) is 46.3 Å². The van der Waals surface area contributed by atoms with Crippen molar-refractivity contribution in [2.75, 3.05) is 33.7 Å². The van der Waals surface area contributed by atoms with E-state index < -0.39 is 0 Å². The van der Waals surface area contributed by atoms with Crippen molar-refractivity contribution in [2.24, 2.45) is 5.41 Å². The van der Waals surface area contributed by atoms with Crippen LogP contribution in [0.5, 0.6) is 0 Å². The third kappa shape index (κ3) is 3.08. The van der Waals surface area contributed by atoms with E-state index in [1.807, 2.05) is 0 Å². The van der Waals surface area contributed by atoms with Crippen LogP contribution in [0.2, 0.25) is 0 Å². The zero-order valence-corrected chi connectivity index (χ0v) is 11.3. The first-order chi connectivity index (χ1) is 8.15. The summed E-state index contributed by atoms with van der Waals surface area (Å²) >= 11 is 0. The molecule has 1 aliphatic carbocycles. The van der Waals surface area contributed by atoms with Crippen LogP contribution in [-0.4, -0.2) is 55.9 Å². The molecule has 2 aliphatic rings. The summed E-state index contributed by atoms with van der Waals surface area (Å²) in [5, 5.41) is 0. The van der Waals surface area contributed by atoms with Gasteiger partial charge in [-0.25, -0.2) is 0 Å². The Kier molecular flexibility index (Phi) is 4.21. The fourth-order valence-corrected chi connectivity index (χ4v) is 3.53. The van der Waals surface area contributed by atoms with Gasteiger partial charge in [0.15, 0.2) is 0 Å². The molecule has 1 unspecified atom stereocenters. The molecule has 1 aliphatic heterocycles. The summed E-state index contributed by atoms with van der Waals surface area (Å²) in [7, 11) is 4.28. The Morgan fingerprint density at radius 2 is 2.00 bits per heavy atom. The van der Waals surface area contributed by atoms with E-state index >= 15 is 0 Å². The first kappa shape index (κ1) is 13.0. The van der Waals surface area contributed by atoms with E-state index in [1.54, 1.807) is 0 Å². The smallest absolute Gasteiger partial charge is 0.127 e. The Morgan fingerprint density at radius 1 is 1.29 bits per heavy atom. The third-order valence-corrected chi connectivity index (χ3v) is 4.44. The molecule has 3 nitrogen and oxygen atoms in total. The van der Waals surface area contributed by atoms with Crippen LogP contribution in [0.15, 0.2) is 0 Å². The second-order valence-corrected chi connectivity index (χ2v) is 6.22. The molecule has 1 heterocycles. The van der Waals surface area contributed by atoms with Gasteiger partial charge in [0.2, 0.25) is 0 Å². The number of nitrogens with zero attached hydrogens (tertiary/aromatic N) is 2. The van der Waals surface area contributed by atoms with Crippen molar-refractivity contribution in [3.63, 3.8) is 0 Å². The number of rotatable bonds is 5. The summed E-state index contributed by atoms with van der Waals surface area (Å²) in [6.45, 7) is 3.33. The fraction of sp³-hybridized carbons (Fsp3) is 0.929. The van der Waals surface area contributed by atoms with Crippen LogP contribution in [0.1, 0.15) is 38.5 Å². The molecule has 2 rings (SSSR count). The number of likely N-dealkylation sites (N-methyl/N-ethyl adjacent to an activating group) is 1. The topological polar surface area (TPSA) is 23.6 Å². The Hall–Kier alpha value is -0.410. The molecule has 17 heavy (non-hydrogen) atoms. The lowest BCUT2D eigenvalue weighted by molar-refractivity contribution is -0.117. The van der Waals surface area contributed by atoms with Gasteiger partial charge in [-0.15, -0.1) is 0 Å². The van der Waals surface area contributed by atoms with Crippen LogP contribution in [0.25, 0.3) is 0 Å². The monoisotopic (exact) mass is 238 g/mol. The van der Waals surface area contributed by atoms with Gasteiger partial charge >= 0.3 is 0 Å². The van der Waals surface area contributed by atoms with Gasteiger partial charge in [-0.3, -0.25) is 4.90 Å². The largest absolute Gasteiger partial charge is 0.308 e. The molecule has 0 bridgehead atoms. The highest BCUT2D eigenvalue weighted by Crippen LogP contribution is 2.38. The lowest BCUT2D eigenvalue weighted by Gasteiger charge is -2.33. The minimum atomic E-state index is -0.00506. The molecule has 0 aromatic rings. The van der Waals surface area contributed by atoms with E-state index in [9.17, 15) is 4.79 Å². The van der Waals surface area contributed by atoms with Crippen LogP contribution in [0.4, 0.5) is 0 Å². The van der Waals surface area contributed by atoms with Crippen molar-refractivity contribution in [1.29, 1.82) is 0 Å². The third-order valence-electron chi connectivity index (χ3n) is 4.44. The highest BCUT2D eigenvalue weighted by atomic mass is 16.1. The van der Waals surface area contributed by atoms with Crippen LogP contribution in [0.3, 0.4) is 0 Å². The van der Waals surface area contributed by atoms with E-state index in [4.69, 9.17) is 0 Å². The normalized spacial score (nSPS) is 29.0. The van der Waals surface area contributed by atoms with E-state index in [1.165, 1.54) is 38.5 Å². The predicted octanol–water partition coefficient (Wildman–Crippen LogP) is 1.77. The summed E-state index contributed by atoms with van der Waals surface area (Å²) in [5.41, 5.74) is -0.00506. The summed E-state index contributed by atoms with van der Waals surface area (Å²) in [6, 6.07) is 0.669. The van der Waals surface area contributed by atoms with E-state index in [0.717, 1.165) is 25.9 Å². The molecule has 2 fully saturated rings. The summed E-state index contributed by atoms with van der Waals surface area (Å²) in [4.78, 5) is 16.2. The minimum absolute atomic E-state index is 0.00506. The van der Waals surface area contributed by atoms with Crippen LogP contribution >= 0.6 is 0 Å². The summed E-state index contributed by atoms with van der Waals surface area (Å²) < 4.78 is 0. The minimum Gasteiger partial charge on any atom is -0.308 e. The average molecular weight is 238 g/mol. The van der Waals surface area contributed by atoms with Gasteiger partial charge < -0.3 is 9.69 Å². The highest BCUT2D eigenvalue weighted by molar-refractivity contribution is 5.60. The molecule has 0 spiro atoms. The van der Waals surface area contributed by atoms with Gasteiger partial charge in [-0.1, -0.05) is 12.8 Å². The molecule has 0 N–H and O–H groups in total. The number of carbonyl (C=O) groups excluding carboxylic acids is 1. The first-order valence-electron chi connectivity index (χ1n) is 7.00. The Balaban J connectivity index is 1.94. The molecule has 1 saturated heterocycles. The Morgan fingerprint density at radius 3 is 2.59 bits per heavy atom. The lowest BCUT2D eigenvalue weighted by Crippen LogP contribution is -2.43. The number of carbonyl (C=O) groups is 1. The van der Waals surface area contributed by atoms with Gasteiger partial charge in [0.1, 0.15) is 6.29 Å². The first-order valence-corrected chi connectivity index (χ1v) is 7.00. The van der Waals surface area contributed by atoms with Crippen molar-refractivity contribution >= 4 is 6.29 Å². The van der Waals surface area contributed by atoms with Gasteiger partial charge in [0.05, 0.1) is 0 Å². The second kappa shape index (κ2) is 5.49. The molecule has 0 amide bonds. The molecule has 0 aromatic carbocycles. The number of hydrogen-bond donors (Lipinski definition) is 0. The molecule has 0 aromatic heterocycles. The fourth-order valence-electron chi connectivity index (χ4n) is 3.53. The number of aldehydes is 1. The maximum atomic E-state index is 11.4. The van der Waals surface area contributed by atoms with Gasteiger partial charge in [-0.2, -0.15) is 0 Å². The van der Waals surface area contributed by atoms with Crippen LogP contribution in [-0.2, 0) is 4.79 Å². The number of likely N-dealkylation sites (tertiary alicyclic amines) is 1. The maximum Gasteiger partial charge on any atom is 0.127 e.